The minimum atomic E-state index is -0.160. The standard InChI is InChI=1S/C16H31NO2/c1-12-7-6-8-16(9-12,11-18)17-13-10-14(2,3)19-15(13,4)5/h12-13,17-18H,6-11H2,1-5H3. The lowest BCUT2D eigenvalue weighted by atomic mass is 9.75. The number of ether oxygens (including phenoxy) is 1. The van der Waals surface area contributed by atoms with Crippen LogP contribution in [0, 0.1) is 5.92 Å². The summed E-state index contributed by atoms with van der Waals surface area (Å²) in [4.78, 5) is 0. The molecule has 2 aliphatic rings. The second kappa shape index (κ2) is 5.01. The van der Waals surface area contributed by atoms with Crippen LogP contribution in [0.4, 0.5) is 0 Å². The summed E-state index contributed by atoms with van der Waals surface area (Å²) < 4.78 is 6.16. The maximum absolute atomic E-state index is 9.92. The molecule has 1 saturated carbocycles. The number of hydrogen-bond acceptors (Lipinski definition) is 3. The van der Waals surface area contributed by atoms with E-state index in [1.807, 2.05) is 0 Å². The molecule has 2 fully saturated rings. The van der Waals surface area contributed by atoms with Crippen LogP contribution in [-0.2, 0) is 4.74 Å². The molecule has 0 aromatic carbocycles. The van der Waals surface area contributed by atoms with Crippen LogP contribution in [0.25, 0.3) is 0 Å². The smallest absolute Gasteiger partial charge is 0.0787 e. The van der Waals surface area contributed by atoms with Crippen LogP contribution in [0.3, 0.4) is 0 Å². The Kier molecular flexibility index (Phi) is 4.03. The molecule has 2 N–H and O–H groups in total. The van der Waals surface area contributed by atoms with E-state index in [1.54, 1.807) is 0 Å². The zero-order chi connectivity index (χ0) is 14.3. The molecule has 3 unspecified atom stereocenters. The van der Waals surface area contributed by atoms with Crippen molar-refractivity contribution in [2.75, 3.05) is 6.61 Å². The van der Waals surface area contributed by atoms with E-state index in [4.69, 9.17) is 4.74 Å². The van der Waals surface area contributed by atoms with Crippen molar-refractivity contribution in [3.05, 3.63) is 0 Å². The van der Waals surface area contributed by atoms with E-state index >= 15 is 0 Å². The summed E-state index contributed by atoms with van der Waals surface area (Å²) in [5.41, 5.74) is -0.326. The van der Waals surface area contributed by atoms with Crippen molar-refractivity contribution in [3.8, 4) is 0 Å². The van der Waals surface area contributed by atoms with Crippen LogP contribution in [0.15, 0.2) is 0 Å². The SMILES string of the molecule is CC1CCCC(CO)(NC2CC(C)(C)OC2(C)C)C1. The van der Waals surface area contributed by atoms with Crippen LogP contribution >= 0.6 is 0 Å². The maximum atomic E-state index is 9.92. The molecule has 0 aromatic rings. The van der Waals surface area contributed by atoms with Gasteiger partial charge in [-0.2, -0.15) is 0 Å². The molecule has 0 radical (unpaired) electrons. The molecule has 112 valence electrons. The molecule has 3 atom stereocenters. The van der Waals surface area contributed by atoms with Gasteiger partial charge in [0.1, 0.15) is 0 Å². The molecular formula is C16H31NO2. The third-order valence-corrected chi connectivity index (χ3v) is 4.95. The fourth-order valence-corrected chi connectivity index (χ4v) is 4.14. The molecule has 0 aromatic heterocycles. The molecule has 19 heavy (non-hydrogen) atoms. The number of rotatable bonds is 3. The Morgan fingerprint density at radius 2 is 1.89 bits per heavy atom. The summed E-state index contributed by atoms with van der Waals surface area (Å²) in [6.07, 6.45) is 5.68. The van der Waals surface area contributed by atoms with Crippen molar-refractivity contribution in [3.63, 3.8) is 0 Å². The summed E-state index contributed by atoms with van der Waals surface area (Å²) in [5.74, 6) is 0.701. The molecule has 0 spiro atoms. The largest absolute Gasteiger partial charge is 0.394 e. The van der Waals surface area contributed by atoms with Crippen molar-refractivity contribution in [1.82, 2.24) is 5.32 Å². The van der Waals surface area contributed by atoms with Crippen molar-refractivity contribution in [1.29, 1.82) is 0 Å². The number of aliphatic hydroxyl groups excluding tert-OH is 1. The Morgan fingerprint density at radius 1 is 1.21 bits per heavy atom. The first-order valence-corrected chi connectivity index (χ1v) is 7.77. The molecule has 1 saturated heterocycles. The first-order chi connectivity index (χ1) is 8.68. The lowest BCUT2D eigenvalue weighted by molar-refractivity contribution is -0.0736. The second-order valence-corrected chi connectivity index (χ2v) is 8.01. The van der Waals surface area contributed by atoms with Crippen LogP contribution in [0.5, 0.6) is 0 Å². The van der Waals surface area contributed by atoms with Crippen LogP contribution in [0.1, 0.15) is 66.7 Å². The van der Waals surface area contributed by atoms with E-state index in [-0.39, 0.29) is 23.3 Å². The van der Waals surface area contributed by atoms with Gasteiger partial charge in [0.25, 0.3) is 0 Å². The third kappa shape index (κ3) is 3.32. The Bertz CT molecular complexity index is 327. The Hall–Kier alpha value is -0.120. The maximum Gasteiger partial charge on any atom is 0.0787 e. The van der Waals surface area contributed by atoms with Crippen molar-refractivity contribution in [2.24, 2.45) is 5.92 Å². The lowest BCUT2D eigenvalue weighted by Crippen LogP contribution is -2.59. The monoisotopic (exact) mass is 269 g/mol. The first kappa shape index (κ1) is 15.3. The Labute approximate surface area is 118 Å². The van der Waals surface area contributed by atoms with Crippen molar-refractivity contribution >= 4 is 0 Å². The van der Waals surface area contributed by atoms with E-state index in [0.717, 1.165) is 19.3 Å². The lowest BCUT2D eigenvalue weighted by Gasteiger charge is -2.43. The summed E-state index contributed by atoms with van der Waals surface area (Å²) >= 11 is 0. The minimum absolute atomic E-state index is 0.0713. The average Bonchev–Trinajstić information content (AvgIpc) is 2.46. The molecule has 1 aliphatic carbocycles. The molecule has 3 nitrogen and oxygen atoms in total. The van der Waals surface area contributed by atoms with E-state index in [1.165, 1.54) is 12.8 Å². The summed E-state index contributed by atoms with van der Waals surface area (Å²) in [7, 11) is 0. The fraction of sp³-hybridized carbons (Fsp3) is 1.00. The zero-order valence-corrected chi connectivity index (χ0v) is 13.3. The number of nitrogens with one attached hydrogen (secondary N) is 1. The molecule has 1 aliphatic heterocycles. The summed E-state index contributed by atoms with van der Waals surface area (Å²) in [6.45, 7) is 11.2. The second-order valence-electron chi connectivity index (χ2n) is 8.01. The van der Waals surface area contributed by atoms with Gasteiger partial charge >= 0.3 is 0 Å². The van der Waals surface area contributed by atoms with Crippen LogP contribution in [-0.4, -0.2) is 34.5 Å². The molecule has 2 rings (SSSR count). The van der Waals surface area contributed by atoms with E-state index in [2.05, 4.69) is 39.9 Å². The average molecular weight is 269 g/mol. The summed E-state index contributed by atoms with van der Waals surface area (Å²) in [5, 5.41) is 13.7. The van der Waals surface area contributed by atoms with E-state index in [9.17, 15) is 5.11 Å². The predicted octanol–water partition coefficient (Wildman–Crippen LogP) is 2.86. The normalized spacial score (nSPS) is 41.4. The third-order valence-electron chi connectivity index (χ3n) is 4.95. The van der Waals surface area contributed by atoms with Crippen molar-refractivity contribution < 1.29 is 9.84 Å². The van der Waals surface area contributed by atoms with Gasteiger partial charge in [0.15, 0.2) is 0 Å². The van der Waals surface area contributed by atoms with Gasteiger partial charge in [0, 0.05) is 11.6 Å². The highest BCUT2D eigenvalue weighted by Crippen LogP contribution is 2.40. The van der Waals surface area contributed by atoms with Gasteiger partial charge in [-0.25, -0.2) is 0 Å². The molecular weight excluding hydrogens is 238 g/mol. The Balaban J connectivity index is 2.10. The van der Waals surface area contributed by atoms with Crippen LogP contribution < -0.4 is 5.32 Å². The van der Waals surface area contributed by atoms with Gasteiger partial charge in [-0.05, 0) is 52.9 Å². The number of hydrogen-bond donors (Lipinski definition) is 2. The van der Waals surface area contributed by atoms with Crippen molar-refractivity contribution in [2.45, 2.75) is 89.5 Å². The van der Waals surface area contributed by atoms with Gasteiger partial charge in [-0.3, -0.25) is 0 Å². The van der Waals surface area contributed by atoms with Gasteiger partial charge < -0.3 is 15.2 Å². The molecule has 3 heteroatoms. The quantitative estimate of drug-likeness (QED) is 0.828. The van der Waals surface area contributed by atoms with Gasteiger partial charge in [-0.1, -0.05) is 19.8 Å². The number of aliphatic hydroxyl groups is 1. The van der Waals surface area contributed by atoms with E-state index < -0.39 is 0 Å². The zero-order valence-electron chi connectivity index (χ0n) is 13.3. The highest BCUT2D eigenvalue weighted by Gasteiger charge is 2.49. The van der Waals surface area contributed by atoms with Crippen LogP contribution in [0.2, 0.25) is 0 Å². The van der Waals surface area contributed by atoms with Gasteiger partial charge in [0.05, 0.1) is 17.8 Å². The van der Waals surface area contributed by atoms with Gasteiger partial charge in [-0.15, -0.1) is 0 Å². The molecule has 0 amide bonds. The first-order valence-electron chi connectivity index (χ1n) is 7.77. The minimum Gasteiger partial charge on any atom is -0.394 e. The molecule has 0 bridgehead atoms. The van der Waals surface area contributed by atoms with Gasteiger partial charge in [0.2, 0.25) is 0 Å². The summed E-state index contributed by atoms with van der Waals surface area (Å²) in [6, 6.07) is 0.319. The highest BCUT2D eigenvalue weighted by molar-refractivity contribution is 5.04. The fourth-order valence-electron chi connectivity index (χ4n) is 4.14. The molecule has 1 heterocycles. The topological polar surface area (TPSA) is 41.5 Å². The Morgan fingerprint density at radius 3 is 2.37 bits per heavy atom. The van der Waals surface area contributed by atoms with E-state index in [0.29, 0.717) is 12.0 Å². The highest BCUT2D eigenvalue weighted by atomic mass is 16.5. The predicted molar refractivity (Wildman–Crippen MR) is 78.2 cm³/mol.